The molecule has 0 atom stereocenters. The number of ether oxygens (including phenoxy) is 1. The monoisotopic (exact) mass is 272 g/mol. The number of hydrogen-bond acceptors (Lipinski definition) is 3. The van der Waals surface area contributed by atoms with E-state index >= 15 is 0 Å². The first-order valence-corrected chi connectivity index (χ1v) is 5.45. The normalized spacial score (nSPS) is 10.4. The highest BCUT2D eigenvalue weighted by molar-refractivity contribution is 6.30. The molecule has 0 saturated carbocycles. The molecule has 0 aliphatic rings. The van der Waals surface area contributed by atoms with Crippen molar-refractivity contribution in [1.82, 2.24) is 9.97 Å². The molecule has 0 amide bonds. The van der Waals surface area contributed by atoms with Crippen molar-refractivity contribution < 1.29 is 9.13 Å². The molecule has 0 N–H and O–H groups in total. The topological polar surface area (TPSA) is 35.0 Å². The largest absolute Gasteiger partial charge is 0.436 e. The van der Waals surface area contributed by atoms with Crippen LogP contribution in [0.15, 0.2) is 24.3 Å². The second-order valence-corrected chi connectivity index (χ2v) is 4.02. The number of aromatic nitrogens is 2. The molecule has 0 saturated heterocycles. The first-order valence-electron chi connectivity index (χ1n) is 4.69. The molecule has 88 valence electrons. The van der Waals surface area contributed by atoms with Gasteiger partial charge in [-0.2, -0.15) is 4.98 Å². The lowest BCUT2D eigenvalue weighted by Gasteiger charge is -2.07. The number of hydrogen-bond donors (Lipinski definition) is 0. The van der Waals surface area contributed by atoms with Gasteiger partial charge in [0, 0.05) is 11.8 Å². The van der Waals surface area contributed by atoms with Crippen LogP contribution in [-0.4, -0.2) is 9.97 Å². The van der Waals surface area contributed by atoms with Crippen LogP contribution in [0.25, 0.3) is 0 Å². The summed E-state index contributed by atoms with van der Waals surface area (Å²) in [5.41, 5.74) is 0.627. The maximum absolute atomic E-state index is 13.6. The van der Waals surface area contributed by atoms with E-state index in [0.717, 1.165) is 0 Å². The molecule has 1 heterocycles. The predicted octanol–water partition coefficient (Wildman–Crippen LogP) is 4.02. The smallest absolute Gasteiger partial charge is 0.225 e. The van der Waals surface area contributed by atoms with E-state index in [4.69, 9.17) is 27.9 Å². The van der Waals surface area contributed by atoms with E-state index < -0.39 is 5.82 Å². The SMILES string of the molecule is Cc1cc(Oc2cccc(Cl)c2F)nc(Cl)n1. The number of aryl methyl sites for hydroxylation is 1. The van der Waals surface area contributed by atoms with Crippen LogP contribution in [-0.2, 0) is 0 Å². The highest BCUT2D eigenvalue weighted by atomic mass is 35.5. The fourth-order valence-corrected chi connectivity index (χ4v) is 1.61. The minimum Gasteiger partial charge on any atom is -0.436 e. The van der Waals surface area contributed by atoms with Gasteiger partial charge >= 0.3 is 0 Å². The molecule has 0 aliphatic heterocycles. The number of benzene rings is 1. The van der Waals surface area contributed by atoms with Gasteiger partial charge < -0.3 is 4.74 Å². The van der Waals surface area contributed by atoms with Gasteiger partial charge in [-0.05, 0) is 30.7 Å². The summed E-state index contributed by atoms with van der Waals surface area (Å²) in [6.45, 7) is 1.73. The number of halogens is 3. The molecule has 1 aromatic heterocycles. The van der Waals surface area contributed by atoms with Crippen molar-refractivity contribution in [1.29, 1.82) is 0 Å². The van der Waals surface area contributed by atoms with Gasteiger partial charge in [-0.3, -0.25) is 0 Å². The summed E-state index contributed by atoms with van der Waals surface area (Å²) in [4.78, 5) is 7.69. The van der Waals surface area contributed by atoms with Crippen molar-refractivity contribution in [2.45, 2.75) is 6.92 Å². The quantitative estimate of drug-likeness (QED) is 0.775. The van der Waals surface area contributed by atoms with E-state index in [1.165, 1.54) is 12.1 Å². The molecule has 0 spiro atoms. The van der Waals surface area contributed by atoms with E-state index in [9.17, 15) is 4.39 Å². The van der Waals surface area contributed by atoms with E-state index in [1.54, 1.807) is 19.1 Å². The summed E-state index contributed by atoms with van der Waals surface area (Å²) in [6, 6.07) is 6.01. The Bertz CT molecular complexity index is 543. The zero-order valence-corrected chi connectivity index (χ0v) is 10.3. The predicted molar refractivity (Wildman–Crippen MR) is 63.3 cm³/mol. The second kappa shape index (κ2) is 4.85. The van der Waals surface area contributed by atoms with Crippen LogP contribution in [0.4, 0.5) is 4.39 Å². The highest BCUT2D eigenvalue weighted by Gasteiger charge is 2.10. The van der Waals surface area contributed by atoms with Crippen LogP contribution in [0, 0.1) is 12.7 Å². The zero-order chi connectivity index (χ0) is 12.4. The van der Waals surface area contributed by atoms with Crippen LogP contribution in [0.3, 0.4) is 0 Å². The van der Waals surface area contributed by atoms with Gasteiger partial charge in [0.15, 0.2) is 11.6 Å². The van der Waals surface area contributed by atoms with Crippen molar-refractivity contribution in [2.24, 2.45) is 0 Å². The van der Waals surface area contributed by atoms with Crippen molar-refractivity contribution in [3.8, 4) is 11.6 Å². The molecule has 2 rings (SSSR count). The first kappa shape index (κ1) is 12.1. The van der Waals surface area contributed by atoms with Crippen molar-refractivity contribution in [3.05, 3.63) is 46.1 Å². The Kier molecular flexibility index (Phi) is 3.45. The van der Waals surface area contributed by atoms with E-state index in [2.05, 4.69) is 9.97 Å². The van der Waals surface area contributed by atoms with Gasteiger partial charge in [-0.25, -0.2) is 9.37 Å². The van der Waals surface area contributed by atoms with Crippen LogP contribution >= 0.6 is 23.2 Å². The Labute approximate surface area is 107 Å². The standard InChI is InChI=1S/C11H7Cl2FN2O/c1-6-5-9(16-11(13)15-6)17-8-4-2-3-7(12)10(8)14/h2-5H,1H3. The van der Waals surface area contributed by atoms with Gasteiger partial charge in [0.1, 0.15) is 0 Å². The highest BCUT2D eigenvalue weighted by Crippen LogP contribution is 2.28. The third-order valence-electron chi connectivity index (χ3n) is 1.93. The van der Waals surface area contributed by atoms with Crippen molar-refractivity contribution in [3.63, 3.8) is 0 Å². The maximum atomic E-state index is 13.6. The summed E-state index contributed by atoms with van der Waals surface area (Å²) in [7, 11) is 0. The lowest BCUT2D eigenvalue weighted by Crippen LogP contribution is -1.94. The Morgan fingerprint density at radius 1 is 1.24 bits per heavy atom. The van der Waals surface area contributed by atoms with Crippen LogP contribution < -0.4 is 4.74 Å². The molecule has 2 aromatic rings. The first-order chi connectivity index (χ1) is 8.06. The lowest BCUT2D eigenvalue weighted by molar-refractivity contribution is 0.426. The van der Waals surface area contributed by atoms with E-state index in [0.29, 0.717) is 5.69 Å². The molecule has 0 unspecified atom stereocenters. The minimum absolute atomic E-state index is 0.00772. The third-order valence-corrected chi connectivity index (χ3v) is 2.40. The molecule has 1 aromatic carbocycles. The average Bonchev–Trinajstić information content (AvgIpc) is 2.23. The second-order valence-electron chi connectivity index (χ2n) is 3.27. The summed E-state index contributed by atoms with van der Waals surface area (Å²) < 4.78 is 18.8. The van der Waals surface area contributed by atoms with Crippen LogP contribution in [0.1, 0.15) is 5.69 Å². The molecule has 17 heavy (non-hydrogen) atoms. The molecule has 3 nitrogen and oxygen atoms in total. The third kappa shape index (κ3) is 2.84. The molecular formula is C11H7Cl2FN2O. The molecule has 0 bridgehead atoms. The zero-order valence-electron chi connectivity index (χ0n) is 8.75. The van der Waals surface area contributed by atoms with Gasteiger partial charge in [0.25, 0.3) is 0 Å². The van der Waals surface area contributed by atoms with Gasteiger partial charge in [0.05, 0.1) is 5.02 Å². The van der Waals surface area contributed by atoms with Crippen LogP contribution in [0.5, 0.6) is 11.6 Å². The van der Waals surface area contributed by atoms with Gasteiger partial charge in [-0.15, -0.1) is 0 Å². The Morgan fingerprint density at radius 3 is 2.71 bits per heavy atom. The number of nitrogens with zero attached hydrogens (tertiary/aromatic N) is 2. The summed E-state index contributed by atoms with van der Waals surface area (Å²) in [5.74, 6) is -0.475. The molecular weight excluding hydrogens is 266 g/mol. The van der Waals surface area contributed by atoms with Gasteiger partial charge in [-0.1, -0.05) is 17.7 Å². The van der Waals surface area contributed by atoms with E-state index in [1.807, 2.05) is 0 Å². The van der Waals surface area contributed by atoms with Crippen LogP contribution in [0.2, 0.25) is 10.3 Å². The Morgan fingerprint density at radius 2 is 2.00 bits per heavy atom. The van der Waals surface area contributed by atoms with Gasteiger partial charge in [0.2, 0.25) is 11.2 Å². The average molecular weight is 273 g/mol. The Balaban J connectivity index is 2.34. The molecule has 6 heteroatoms. The molecule has 0 aliphatic carbocycles. The number of rotatable bonds is 2. The Hall–Kier alpha value is -1.39. The fourth-order valence-electron chi connectivity index (χ4n) is 1.23. The summed E-state index contributed by atoms with van der Waals surface area (Å²) in [6.07, 6.45) is 0. The summed E-state index contributed by atoms with van der Waals surface area (Å²) >= 11 is 11.3. The fraction of sp³-hybridized carbons (Fsp3) is 0.0909. The molecule has 0 radical (unpaired) electrons. The molecule has 0 fully saturated rings. The summed E-state index contributed by atoms with van der Waals surface area (Å²) in [5, 5.41) is 0.0295. The van der Waals surface area contributed by atoms with Crippen molar-refractivity contribution >= 4 is 23.2 Å². The van der Waals surface area contributed by atoms with E-state index in [-0.39, 0.29) is 21.9 Å². The minimum atomic E-state index is -0.637. The van der Waals surface area contributed by atoms with Crippen molar-refractivity contribution in [2.75, 3.05) is 0 Å². The maximum Gasteiger partial charge on any atom is 0.225 e. The lowest BCUT2D eigenvalue weighted by atomic mass is 10.3.